The molecule has 2 aliphatic heterocycles. The molecule has 2 fully saturated rings. The Morgan fingerprint density at radius 2 is 1.78 bits per heavy atom. The van der Waals surface area contributed by atoms with Gasteiger partial charge < -0.3 is 48.7 Å². The summed E-state index contributed by atoms with van der Waals surface area (Å²) in [6, 6.07) is 8.18. The third-order valence-corrected chi connectivity index (χ3v) is 8.35. The molecule has 0 saturated carbocycles. The highest BCUT2D eigenvalue weighted by atomic mass is 16.7. The van der Waals surface area contributed by atoms with Crippen LogP contribution in [0.15, 0.2) is 51.2 Å². The summed E-state index contributed by atoms with van der Waals surface area (Å²) < 4.78 is 29.5. The fraction of sp³-hybridized carbons (Fsp3) is 0.500. The lowest BCUT2D eigenvalue weighted by atomic mass is 10.00. The molecule has 0 bridgehead atoms. The van der Waals surface area contributed by atoms with E-state index in [1.54, 1.807) is 24.3 Å². The largest absolute Gasteiger partial charge is 0.507 e. The Labute approximate surface area is 262 Å². The SMILES string of the molecule is COc1ccc(-c2oc3c(CC=C(C)C)c(OCCCN4CCCC4)cc(O)c3c(=O)c2O[C@H]2O[C@H](C)[C@@H](O)[C@H](O)[C@@H]2O)cc1. The predicted octanol–water partition coefficient (Wildman–Crippen LogP) is 3.75. The summed E-state index contributed by atoms with van der Waals surface area (Å²) in [5.41, 5.74) is 1.52. The van der Waals surface area contributed by atoms with Crippen LogP contribution in [-0.2, 0) is 11.2 Å². The lowest BCUT2D eigenvalue weighted by Crippen LogP contribution is -2.58. The van der Waals surface area contributed by atoms with E-state index >= 15 is 0 Å². The van der Waals surface area contributed by atoms with Crippen LogP contribution in [0.1, 0.15) is 45.6 Å². The predicted molar refractivity (Wildman–Crippen MR) is 168 cm³/mol. The highest BCUT2D eigenvalue weighted by Crippen LogP contribution is 2.41. The Balaban J connectivity index is 1.62. The number of aliphatic hydroxyl groups is 3. The van der Waals surface area contributed by atoms with E-state index in [-0.39, 0.29) is 28.2 Å². The molecule has 5 atom stereocenters. The van der Waals surface area contributed by atoms with Crippen LogP contribution >= 0.6 is 0 Å². The Kier molecular flexibility index (Phi) is 10.4. The first-order chi connectivity index (χ1) is 21.6. The molecule has 45 heavy (non-hydrogen) atoms. The van der Waals surface area contributed by atoms with Gasteiger partial charge in [0.2, 0.25) is 17.5 Å². The zero-order valence-electron chi connectivity index (χ0n) is 26.2. The molecule has 2 saturated heterocycles. The molecule has 1 aromatic heterocycles. The maximum atomic E-state index is 14.2. The number of methoxy groups -OCH3 is 1. The zero-order chi connectivity index (χ0) is 32.2. The summed E-state index contributed by atoms with van der Waals surface area (Å²) in [6.07, 6.45) is -1.44. The summed E-state index contributed by atoms with van der Waals surface area (Å²) in [4.78, 5) is 16.6. The normalized spacial score (nSPS) is 23.7. The van der Waals surface area contributed by atoms with Gasteiger partial charge in [0.15, 0.2) is 5.76 Å². The van der Waals surface area contributed by atoms with E-state index in [1.807, 2.05) is 19.9 Å². The maximum absolute atomic E-state index is 14.2. The van der Waals surface area contributed by atoms with Crippen molar-refractivity contribution in [3.05, 3.63) is 57.8 Å². The van der Waals surface area contributed by atoms with E-state index in [0.717, 1.165) is 31.6 Å². The van der Waals surface area contributed by atoms with E-state index in [0.29, 0.717) is 35.7 Å². The fourth-order valence-corrected chi connectivity index (χ4v) is 5.73. The molecule has 11 heteroatoms. The molecule has 11 nitrogen and oxygen atoms in total. The average molecular weight is 626 g/mol. The average Bonchev–Trinajstić information content (AvgIpc) is 3.55. The molecule has 4 N–H and O–H groups in total. The number of ether oxygens (including phenoxy) is 4. The van der Waals surface area contributed by atoms with Crippen molar-refractivity contribution in [1.29, 1.82) is 0 Å². The minimum Gasteiger partial charge on any atom is -0.507 e. The number of aliphatic hydroxyl groups excluding tert-OH is 3. The van der Waals surface area contributed by atoms with Gasteiger partial charge in [-0.1, -0.05) is 11.6 Å². The van der Waals surface area contributed by atoms with Gasteiger partial charge in [0.05, 0.1) is 19.8 Å². The Morgan fingerprint density at radius 1 is 1.07 bits per heavy atom. The molecule has 2 aliphatic rings. The number of phenols is 1. The summed E-state index contributed by atoms with van der Waals surface area (Å²) >= 11 is 0. The van der Waals surface area contributed by atoms with E-state index < -0.39 is 36.1 Å². The summed E-state index contributed by atoms with van der Waals surface area (Å²) in [5.74, 6) is 0.314. The molecular weight excluding hydrogens is 582 g/mol. The van der Waals surface area contributed by atoms with E-state index in [1.165, 1.54) is 32.9 Å². The van der Waals surface area contributed by atoms with E-state index in [9.17, 15) is 25.2 Å². The second-order valence-corrected chi connectivity index (χ2v) is 11.9. The van der Waals surface area contributed by atoms with Gasteiger partial charge in [0, 0.05) is 23.7 Å². The second kappa shape index (κ2) is 14.2. The van der Waals surface area contributed by atoms with Crippen molar-refractivity contribution < 1.29 is 43.8 Å². The molecule has 5 rings (SSSR count). The van der Waals surface area contributed by atoms with Gasteiger partial charge in [-0.3, -0.25) is 4.79 Å². The quantitative estimate of drug-likeness (QED) is 0.182. The van der Waals surface area contributed by atoms with Crippen LogP contribution in [0, 0.1) is 0 Å². The number of hydrogen-bond acceptors (Lipinski definition) is 11. The van der Waals surface area contributed by atoms with Crippen LogP contribution < -0.4 is 19.6 Å². The van der Waals surface area contributed by atoms with Crippen molar-refractivity contribution in [3.63, 3.8) is 0 Å². The molecule has 0 spiro atoms. The molecule has 0 aliphatic carbocycles. The molecule has 0 radical (unpaired) electrons. The zero-order valence-corrected chi connectivity index (χ0v) is 26.2. The van der Waals surface area contributed by atoms with Crippen LogP contribution in [-0.4, -0.2) is 89.4 Å². The minimum absolute atomic E-state index is 0.0169. The second-order valence-electron chi connectivity index (χ2n) is 11.9. The lowest BCUT2D eigenvalue weighted by Gasteiger charge is -2.38. The number of fused-ring (bicyclic) bond motifs is 1. The van der Waals surface area contributed by atoms with Crippen molar-refractivity contribution in [2.45, 2.75) is 77.2 Å². The van der Waals surface area contributed by atoms with Crippen molar-refractivity contribution in [2.24, 2.45) is 0 Å². The Bertz CT molecular complexity index is 1560. The van der Waals surface area contributed by atoms with Crippen molar-refractivity contribution in [2.75, 3.05) is 33.4 Å². The summed E-state index contributed by atoms with van der Waals surface area (Å²) in [7, 11) is 1.54. The van der Waals surface area contributed by atoms with Gasteiger partial charge in [0.1, 0.15) is 46.5 Å². The van der Waals surface area contributed by atoms with Crippen LogP contribution in [0.25, 0.3) is 22.3 Å². The van der Waals surface area contributed by atoms with Gasteiger partial charge in [0.25, 0.3) is 0 Å². The van der Waals surface area contributed by atoms with E-state index in [2.05, 4.69) is 4.90 Å². The topological polar surface area (TPSA) is 151 Å². The van der Waals surface area contributed by atoms with Crippen LogP contribution in [0.5, 0.6) is 23.0 Å². The van der Waals surface area contributed by atoms with Crippen molar-refractivity contribution in [3.8, 4) is 34.3 Å². The highest BCUT2D eigenvalue weighted by Gasteiger charge is 2.44. The smallest absolute Gasteiger partial charge is 0.239 e. The van der Waals surface area contributed by atoms with Gasteiger partial charge in [-0.25, -0.2) is 0 Å². The number of likely N-dealkylation sites (tertiary alicyclic amines) is 1. The number of phenolic OH excluding ortho intramolecular Hbond substituents is 1. The van der Waals surface area contributed by atoms with Crippen LogP contribution in [0.2, 0.25) is 0 Å². The number of hydrogen-bond donors (Lipinski definition) is 4. The summed E-state index contributed by atoms with van der Waals surface area (Å²) in [6.45, 7) is 8.96. The number of allylic oxidation sites excluding steroid dienone is 2. The van der Waals surface area contributed by atoms with Crippen molar-refractivity contribution in [1.82, 2.24) is 4.90 Å². The summed E-state index contributed by atoms with van der Waals surface area (Å²) in [5, 5.41) is 42.3. The molecule has 3 heterocycles. The van der Waals surface area contributed by atoms with Crippen LogP contribution in [0.4, 0.5) is 0 Å². The first kappa shape index (κ1) is 32.8. The maximum Gasteiger partial charge on any atom is 0.239 e. The van der Waals surface area contributed by atoms with Gasteiger partial charge in [-0.2, -0.15) is 0 Å². The highest BCUT2D eigenvalue weighted by molar-refractivity contribution is 5.91. The van der Waals surface area contributed by atoms with Crippen molar-refractivity contribution >= 4 is 11.0 Å². The van der Waals surface area contributed by atoms with Crippen LogP contribution in [0.3, 0.4) is 0 Å². The minimum atomic E-state index is -1.67. The monoisotopic (exact) mass is 625 g/mol. The number of aromatic hydroxyl groups is 1. The first-order valence-corrected chi connectivity index (χ1v) is 15.4. The first-order valence-electron chi connectivity index (χ1n) is 15.4. The van der Waals surface area contributed by atoms with Gasteiger partial charge in [-0.15, -0.1) is 0 Å². The molecular formula is C34H43NO10. The fourth-order valence-electron chi connectivity index (χ4n) is 5.73. The number of nitrogens with zero attached hydrogens (tertiary/aromatic N) is 1. The lowest BCUT2D eigenvalue weighted by molar-refractivity contribution is -0.268. The van der Waals surface area contributed by atoms with Gasteiger partial charge in [-0.05, 0) is 83.8 Å². The standard InChI is InChI=1S/C34H43NO10/c1-19(2)8-13-23-25(42-17-7-16-35-14-5-6-15-35)18-24(36)26-28(38)33(45-34-30(40)29(39)27(37)20(3)43-34)31(44-32(23)26)21-9-11-22(41-4)12-10-21/h8-12,18,20,27,29-30,34,36-37,39-40H,5-7,13-17H2,1-4H3/t20-,27-,29+,30+,34-/m1/s1. The van der Waals surface area contributed by atoms with Gasteiger partial charge >= 0.3 is 0 Å². The van der Waals surface area contributed by atoms with E-state index in [4.69, 9.17) is 23.4 Å². The molecule has 0 unspecified atom stereocenters. The molecule has 244 valence electrons. The third kappa shape index (κ3) is 7.13. The molecule has 3 aromatic rings. The third-order valence-electron chi connectivity index (χ3n) is 8.35. The number of rotatable bonds is 11. The Morgan fingerprint density at radius 3 is 2.44 bits per heavy atom. The Hall–Kier alpha value is -3.61. The molecule has 2 aromatic carbocycles. The molecule has 0 amide bonds. The number of benzene rings is 2.